The van der Waals surface area contributed by atoms with Crippen molar-refractivity contribution >= 4 is 31.7 Å². The summed E-state index contributed by atoms with van der Waals surface area (Å²) in [5.41, 5.74) is 4.69. The first kappa shape index (κ1) is 17.6. The summed E-state index contributed by atoms with van der Waals surface area (Å²) in [6, 6.07) is 0. The molecule has 0 N–H and O–H groups in total. The number of hydrogen-bond acceptors (Lipinski definition) is 0. The van der Waals surface area contributed by atoms with Crippen LogP contribution in [0.4, 0.5) is 0 Å². The third-order valence-corrected chi connectivity index (χ3v) is 11.3. The number of allylic oxidation sites excluding steroid dienone is 8. The van der Waals surface area contributed by atoms with Crippen LogP contribution in [0.2, 0.25) is 9.26 Å². The summed E-state index contributed by atoms with van der Waals surface area (Å²) >= 11 is -1.80. The van der Waals surface area contributed by atoms with Gasteiger partial charge in [-0.15, -0.1) is 24.8 Å². The largest absolute Gasteiger partial charge is 0.147 e. The van der Waals surface area contributed by atoms with E-state index in [1.54, 1.807) is 11.1 Å². The van der Waals surface area contributed by atoms with Crippen molar-refractivity contribution in [1.29, 1.82) is 0 Å². The summed E-state index contributed by atoms with van der Waals surface area (Å²) in [6.45, 7) is 4.64. The Morgan fingerprint density at radius 2 is 1.82 bits per heavy atom. The summed E-state index contributed by atoms with van der Waals surface area (Å²) < 4.78 is 6.89. The summed E-state index contributed by atoms with van der Waals surface area (Å²) in [5.74, 6) is 0. The Kier molecular flexibility index (Phi) is 6.96. The van der Waals surface area contributed by atoms with Crippen LogP contribution in [0.25, 0.3) is 0 Å². The van der Waals surface area contributed by atoms with Crippen molar-refractivity contribution in [2.75, 3.05) is 0 Å². The van der Waals surface area contributed by atoms with Crippen LogP contribution < -0.4 is 0 Å². The van der Waals surface area contributed by atoms with Gasteiger partial charge in [0, 0.05) is 0 Å². The van der Waals surface area contributed by atoms with E-state index in [0.717, 1.165) is 6.42 Å². The van der Waals surface area contributed by atoms with E-state index in [2.05, 4.69) is 47.4 Å². The van der Waals surface area contributed by atoms with Crippen molar-refractivity contribution in [3.8, 4) is 0 Å². The predicted octanol–water partition coefficient (Wildman–Crippen LogP) is 4.12. The fraction of sp³-hybridized carbons (Fsp3) is 0.385. The Bertz CT molecular complexity index is 464. The van der Waals surface area contributed by atoms with Gasteiger partial charge in [-0.05, 0) is 0 Å². The molecule has 2 aliphatic rings. The monoisotopic (exact) mass is 365 g/mol. The van der Waals surface area contributed by atoms with Crippen LogP contribution in [-0.4, -0.2) is 6.88 Å². The van der Waals surface area contributed by atoms with E-state index in [1.807, 2.05) is 3.28 Å². The van der Waals surface area contributed by atoms with Gasteiger partial charge in [-0.1, -0.05) is 0 Å². The SMILES string of the molecule is CC1=[C]([Zr]([CH3])([CH3])=[SiH2])CC=C1C1=CC=CC1.Cl.Cl. The first-order chi connectivity index (χ1) is 7.00. The third-order valence-electron chi connectivity index (χ3n) is 3.30. The van der Waals surface area contributed by atoms with Gasteiger partial charge in [0.15, 0.2) is 0 Å². The van der Waals surface area contributed by atoms with Crippen LogP contribution >= 0.6 is 24.8 Å². The van der Waals surface area contributed by atoms with Gasteiger partial charge in [0.05, 0.1) is 0 Å². The molecule has 2 rings (SSSR count). The van der Waals surface area contributed by atoms with E-state index < -0.39 is 18.9 Å². The van der Waals surface area contributed by atoms with E-state index in [9.17, 15) is 0 Å². The summed E-state index contributed by atoms with van der Waals surface area (Å²) in [5, 5.41) is 0. The van der Waals surface area contributed by atoms with E-state index in [4.69, 9.17) is 0 Å². The fourth-order valence-electron chi connectivity index (χ4n) is 2.48. The topological polar surface area (TPSA) is 0 Å². The zero-order valence-electron chi connectivity index (χ0n) is 10.7. The van der Waals surface area contributed by atoms with E-state index in [-0.39, 0.29) is 24.8 Å². The van der Waals surface area contributed by atoms with Gasteiger partial charge in [0.25, 0.3) is 0 Å². The molecule has 0 aromatic heterocycles. The Morgan fingerprint density at radius 3 is 2.24 bits per heavy atom. The first-order valence-corrected chi connectivity index (χ1v) is 17.7. The minimum Gasteiger partial charge on any atom is -0.147 e. The average molecular weight is 368 g/mol. The molecular formula is C13H21Cl2SiZr. The van der Waals surface area contributed by atoms with Crippen molar-refractivity contribution in [3.05, 3.63) is 44.3 Å². The number of rotatable bonds is 2. The first-order valence-electron chi connectivity index (χ1n) is 5.62. The third kappa shape index (κ3) is 3.80. The molecule has 95 valence electrons. The zero-order chi connectivity index (χ0) is 11.1. The summed E-state index contributed by atoms with van der Waals surface area (Å²) in [6.07, 6.45) is 11.5. The minimum absolute atomic E-state index is 0. The Labute approximate surface area is 123 Å². The van der Waals surface area contributed by atoms with Gasteiger partial charge in [0.1, 0.15) is 0 Å². The van der Waals surface area contributed by atoms with Gasteiger partial charge in [-0.25, -0.2) is 0 Å². The molecule has 0 spiro atoms. The summed E-state index contributed by atoms with van der Waals surface area (Å²) in [7, 11) is 0. The molecular weight excluding hydrogens is 346 g/mol. The second kappa shape index (κ2) is 6.70. The van der Waals surface area contributed by atoms with Gasteiger partial charge in [-0.2, -0.15) is 0 Å². The fourth-order valence-corrected chi connectivity index (χ4v) is 9.33. The predicted molar refractivity (Wildman–Crippen MR) is 82.0 cm³/mol. The molecule has 17 heavy (non-hydrogen) atoms. The van der Waals surface area contributed by atoms with Gasteiger partial charge in [-0.3, -0.25) is 0 Å². The van der Waals surface area contributed by atoms with Crippen LogP contribution in [0.5, 0.6) is 0 Å². The van der Waals surface area contributed by atoms with Gasteiger partial charge < -0.3 is 0 Å². The maximum atomic E-state index is 2.53. The van der Waals surface area contributed by atoms with E-state index in [0.29, 0.717) is 0 Å². The molecule has 0 aromatic rings. The number of hydrogen-bond donors (Lipinski definition) is 0. The second-order valence-electron chi connectivity index (χ2n) is 5.13. The van der Waals surface area contributed by atoms with Crippen LogP contribution in [0.1, 0.15) is 19.8 Å². The van der Waals surface area contributed by atoms with Crippen molar-refractivity contribution in [3.63, 3.8) is 0 Å². The molecule has 0 aliphatic heterocycles. The van der Waals surface area contributed by atoms with Gasteiger partial charge >= 0.3 is 99.1 Å². The second-order valence-corrected chi connectivity index (χ2v) is 26.3. The van der Waals surface area contributed by atoms with Crippen LogP contribution in [0, 0.1) is 0 Å². The van der Waals surface area contributed by atoms with Crippen molar-refractivity contribution < 1.29 is 18.9 Å². The van der Waals surface area contributed by atoms with Crippen molar-refractivity contribution in [1.82, 2.24) is 0 Å². The van der Waals surface area contributed by atoms with E-state index >= 15 is 0 Å². The minimum atomic E-state index is -1.80. The molecule has 2 aliphatic carbocycles. The molecule has 0 nitrogen and oxygen atoms in total. The van der Waals surface area contributed by atoms with Crippen molar-refractivity contribution in [2.45, 2.75) is 29.0 Å². The summed E-state index contributed by atoms with van der Waals surface area (Å²) in [4.78, 5) is 0. The number of halogens is 2. The Hall–Kier alpha value is 0.640. The smallest absolute Gasteiger partial charge is 0.147 e. The standard InChI is InChI=1S/C11H11.2CH3.2ClH.H2Si.Zr/c1-9-5-4-8-11(9)10-6-2-3-7-10;;;;;;/h2-3,6,8H,4,7H2,1H3;2*1H3;2*1H;1H2;. The molecule has 0 radical (unpaired) electrons. The molecule has 0 amide bonds. The maximum absolute atomic E-state index is 2.53. The molecule has 0 heterocycles. The Morgan fingerprint density at radius 1 is 1.18 bits per heavy atom. The van der Waals surface area contributed by atoms with Crippen LogP contribution in [0.3, 0.4) is 0 Å². The molecule has 0 saturated carbocycles. The maximum Gasteiger partial charge on any atom is -0.147 e. The van der Waals surface area contributed by atoms with Crippen LogP contribution in [0.15, 0.2) is 44.3 Å². The van der Waals surface area contributed by atoms with Crippen molar-refractivity contribution in [2.24, 2.45) is 0 Å². The molecule has 0 atom stereocenters. The molecule has 0 unspecified atom stereocenters. The molecule has 0 fully saturated rings. The zero-order valence-corrected chi connectivity index (χ0v) is 16.3. The normalized spacial score (nSPS) is 18.5. The molecule has 0 aromatic carbocycles. The molecule has 0 bridgehead atoms. The Balaban J connectivity index is 0.00000128. The molecule has 0 saturated heterocycles. The van der Waals surface area contributed by atoms with Crippen LogP contribution in [-0.2, 0) is 18.9 Å². The van der Waals surface area contributed by atoms with E-state index in [1.165, 1.54) is 12.0 Å². The quantitative estimate of drug-likeness (QED) is 0.644. The average Bonchev–Trinajstić information content (AvgIpc) is 2.69. The molecule has 4 heteroatoms. The van der Waals surface area contributed by atoms with Gasteiger partial charge in [0.2, 0.25) is 0 Å².